The normalized spacial score (nSPS) is 19.6. The summed E-state index contributed by atoms with van der Waals surface area (Å²) in [5.41, 5.74) is 3.83. The molecule has 148 valence electrons. The molecule has 7 heteroatoms. The summed E-state index contributed by atoms with van der Waals surface area (Å²) in [4.78, 5) is 13.3. The van der Waals surface area contributed by atoms with Crippen molar-refractivity contribution in [1.82, 2.24) is 29.9 Å². The number of pyridine rings is 2. The van der Waals surface area contributed by atoms with Crippen LogP contribution in [-0.4, -0.2) is 44.2 Å². The zero-order chi connectivity index (χ0) is 19.6. The molecule has 0 atom stereocenters. The molecule has 7 nitrogen and oxygen atoms in total. The SMILES string of the molecule is CN[C@H]1CC[C@H](CNc2ncc3c(-c4cnc5ncccc5c4)ccn3n2)CC1. The summed E-state index contributed by atoms with van der Waals surface area (Å²) in [6, 6.07) is 8.81. The van der Waals surface area contributed by atoms with Gasteiger partial charge in [0.25, 0.3) is 0 Å². The van der Waals surface area contributed by atoms with E-state index in [4.69, 9.17) is 0 Å². The summed E-state index contributed by atoms with van der Waals surface area (Å²) in [6.07, 6.45) is 12.5. The van der Waals surface area contributed by atoms with Crippen molar-refractivity contribution in [3.05, 3.63) is 49.1 Å². The van der Waals surface area contributed by atoms with Crippen molar-refractivity contribution in [1.29, 1.82) is 0 Å². The van der Waals surface area contributed by atoms with E-state index in [2.05, 4.69) is 49.9 Å². The van der Waals surface area contributed by atoms with Gasteiger partial charge in [-0.15, -0.1) is 5.10 Å². The van der Waals surface area contributed by atoms with Gasteiger partial charge < -0.3 is 10.6 Å². The molecule has 1 fully saturated rings. The van der Waals surface area contributed by atoms with Crippen molar-refractivity contribution < 1.29 is 0 Å². The largest absolute Gasteiger partial charge is 0.353 e. The fraction of sp³-hybridized carbons (Fsp3) is 0.364. The molecule has 0 unspecified atom stereocenters. The zero-order valence-electron chi connectivity index (χ0n) is 16.5. The summed E-state index contributed by atoms with van der Waals surface area (Å²) in [7, 11) is 2.06. The number of hydrogen-bond donors (Lipinski definition) is 2. The molecule has 2 N–H and O–H groups in total. The summed E-state index contributed by atoms with van der Waals surface area (Å²) in [6.45, 7) is 0.928. The first-order valence-electron chi connectivity index (χ1n) is 10.3. The lowest BCUT2D eigenvalue weighted by molar-refractivity contribution is 0.312. The van der Waals surface area contributed by atoms with Crippen LogP contribution in [0.1, 0.15) is 25.7 Å². The van der Waals surface area contributed by atoms with E-state index in [1.807, 2.05) is 35.2 Å². The van der Waals surface area contributed by atoms with Crippen molar-refractivity contribution in [2.75, 3.05) is 18.9 Å². The smallest absolute Gasteiger partial charge is 0.241 e. The summed E-state index contributed by atoms with van der Waals surface area (Å²) in [5.74, 6) is 1.37. The maximum absolute atomic E-state index is 4.65. The van der Waals surface area contributed by atoms with E-state index in [-0.39, 0.29) is 0 Å². The Morgan fingerprint density at radius 3 is 2.83 bits per heavy atom. The van der Waals surface area contributed by atoms with Gasteiger partial charge in [-0.25, -0.2) is 19.5 Å². The van der Waals surface area contributed by atoms with Crippen LogP contribution in [0.15, 0.2) is 49.1 Å². The average molecular weight is 387 g/mol. The van der Waals surface area contributed by atoms with Crippen LogP contribution in [-0.2, 0) is 0 Å². The maximum Gasteiger partial charge on any atom is 0.241 e. The number of rotatable bonds is 5. The Bertz CT molecular complexity index is 1130. The highest BCUT2D eigenvalue weighted by molar-refractivity contribution is 5.86. The molecule has 1 aliphatic carbocycles. The van der Waals surface area contributed by atoms with Crippen molar-refractivity contribution in [3.8, 4) is 11.1 Å². The number of hydrogen-bond acceptors (Lipinski definition) is 6. The number of fused-ring (bicyclic) bond motifs is 2. The first-order chi connectivity index (χ1) is 14.3. The molecule has 0 aliphatic heterocycles. The minimum atomic E-state index is 0.677. The van der Waals surface area contributed by atoms with E-state index in [1.54, 1.807) is 6.20 Å². The topological polar surface area (TPSA) is 80.0 Å². The molecule has 1 aliphatic rings. The molecule has 4 aromatic heterocycles. The third-order valence-corrected chi connectivity index (χ3v) is 5.99. The van der Waals surface area contributed by atoms with Crippen molar-refractivity contribution in [2.45, 2.75) is 31.7 Å². The molecule has 0 spiro atoms. The highest BCUT2D eigenvalue weighted by atomic mass is 15.3. The second-order valence-corrected chi connectivity index (χ2v) is 7.80. The van der Waals surface area contributed by atoms with E-state index in [9.17, 15) is 0 Å². The minimum Gasteiger partial charge on any atom is -0.353 e. The van der Waals surface area contributed by atoms with Gasteiger partial charge >= 0.3 is 0 Å². The number of anilines is 1. The molecule has 29 heavy (non-hydrogen) atoms. The molecular weight excluding hydrogens is 362 g/mol. The Hall–Kier alpha value is -3.06. The molecule has 0 bridgehead atoms. The van der Waals surface area contributed by atoms with Crippen molar-refractivity contribution in [3.63, 3.8) is 0 Å². The molecular formula is C22H25N7. The number of aromatic nitrogens is 5. The molecule has 5 rings (SSSR count). The zero-order valence-corrected chi connectivity index (χ0v) is 16.5. The third-order valence-electron chi connectivity index (χ3n) is 5.99. The predicted molar refractivity (Wildman–Crippen MR) is 115 cm³/mol. The quantitative estimate of drug-likeness (QED) is 0.545. The maximum atomic E-state index is 4.65. The highest BCUT2D eigenvalue weighted by Crippen LogP contribution is 2.27. The second-order valence-electron chi connectivity index (χ2n) is 7.80. The Morgan fingerprint density at radius 2 is 1.97 bits per heavy atom. The van der Waals surface area contributed by atoms with Gasteiger partial charge in [-0.2, -0.15) is 0 Å². The monoisotopic (exact) mass is 387 g/mol. The molecule has 0 radical (unpaired) electrons. The molecule has 4 aromatic rings. The lowest BCUT2D eigenvalue weighted by Crippen LogP contribution is -2.32. The van der Waals surface area contributed by atoms with Crippen molar-refractivity contribution >= 4 is 22.5 Å². The molecule has 0 saturated heterocycles. The number of nitrogens with zero attached hydrogens (tertiary/aromatic N) is 5. The summed E-state index contributed by atoms with van der Waals surface area (Å²) in [5, 5.41) is 12.5. The van der Waals surface area contributed by atoms with Crippen LogP contribution in [0.25, 0.3) is 27.7 Å². The average Bonchev–Trinajstić information content (AvgIpc) is 3.21. The van der Waals surface area contributed by atoms with Gasteiger partial charge in [0.2, 0.25) is 5.95 Å². The van der Waals surface area contributed by atoms with Crippen LogP contribution >= 0.6 is 0 Å². The lowest BCUT2D eigenvalue weighted by atomic mass is 9.86. The summed E-state index contributed by atoms with van der Waals surface area (Å²) < 4.78 is 1.88. The standard InChI is InChI=1S/C22H25N7/c1-23-18-6-4-15(5-7-18)12-26-22-27-14-20-19(8-10-29(20)28-22)17-11-16-3-2-9-24-21(16)25-13-17/h2-3,8-11,13-15,18,23H,4-7,12H2,1H3,(H,26,28)/t15-,18-. The van der Waals surface area contributed by atoms with E-state index >= 15 is 0 Å². The Morgan fingerprint density at radius 1 is 1.07 bits per heavy atom. The van der Waals surface area contributed by atoms with Crippen LogP contribution in [0.3, 0.4) is 0 Å². The molecule has 4 heterocycles. The fourth-order valence-corrected chi connectivity index (χ4v) is 4.23. The van der Waals surface area contributed by atoms with E-state index in [0.29, 0.717) is 17.9 Å². The lowest BCUT2D eigenvalue weighted by Gasteiger charge is -2.28. The summed E-state index contributed by atoms with van der Waals surface area (Å²) >= 11 is 0. The Balaban J connectivity index is 1.33. The first-order valence-corrected chi connectivity index (χ1v) is 10.3. The Kier molecular flexibility index (Phi) is 4.81. The van der Waals surface area contributed by atoms with Crippen LogP contribution in [0.5, 0.6) is 0 Å². The van der Waals surface area contributed by atoms with Crippen LogP contribution in [0.4, 0.5) is 5.95 Å². The van der Waals surface area contributed by atoms with Crippen LogP contribution in [0, 0.1) is 5.92 Å². The molecule has 1 saturated carbocycles. The van der Waals surface area contributed by atoms with Gasteiger partial charge in [0.15, 0.2) is 5.65 Å². The molecule has 0 amide bonds. The van der Waals surface area contributed by atoms with E-state index in [0.717, 1.165) is 34.2 Å². The Labute approximate surface area is 169 Å². The van der Waals surface area contributed by atoms with Gasteiger partial charge in [-0.3, -0.25) is 0 Å². The molecule has 0 aromatic carbocycles. The van der Waals surface area contributed by atoms with Gasteiger partial charge in [-0.05, 0) is 62.9 Å². The first kappa shape index (κ1) is 18.0. The fourth-order valence-electron chi connectivity index (χ4n) is 4.23. The highest BCUT2D eigenvalue weighted by Gasteiger charge is 2.20. The van der Waals surface area contributed by atoms with Gasteiger partial charge in [0, 0.05) is 47.7 Å². The van der Waals surface area contributed by atoms with Gasteiger partial charge in [0.05, 0.1) is 11.7 Å². The third kappa shape index (κ3) is 3.65. The van der Waals surface area contributed by atoms with E-state index in [1.165, 1.54) is 25.7 Å². The van der Waals surface area contributed by atoms with Crippen molar-refractivity contribution in [2.24, 2.45) is 5.92 Å². The van der Waals surface area contributed by atoms with Crippen LogP contribution < -0.4 is 10.6 Å². The number of nitrogens with one attached hydrogen (secondary N) is 2. The van der Waals surface area contributed by atoms with E-state index < -0.39 is 0 Å². The van der Waals surface area contributed by atoms with Gasteiger partial charge in [0.1, 0.15) is 0 Å². The van der Waals surface area contributed by atoms with Gasteiger partial charge in [-0.1, -0.05) is 0 Å². The predicted octanol–water partition coefficient (Wildman–Crippen LogP) is 3.53. The second kappa shape index (κ2) is 7.75. The van der Waals surface area contributed by atoms with Crippen LogP contribution in [0.2, 0.25) is 0 Å². The minimum absolute atomic E-state index is 0.677.